The molecule has 0 N–H and O–H groups in total. The van der Waals surface area contributed by atoms with Gasteiger partial charge in [-0.25, -0.2) is 0 Å². The maximum Gasteiger partial charge on any atom is 3.00 e. The summed E-state index contributed by atoms with van der Waals surface area (Å²) in [7, 11) is 0. The van der Waals surface area contributed by atoms with E-state index in [1.165, 1.54) is 75.0 Å². The monoisotopic (exact) mass is 612 g/mol. The minimum Gasteiger partial charge on any atom is -0.381 e. The minimum atomic E-state index is 0. The molecule has 4 rings (SSSR count). The van der Waals surface area contributed by atoms with Crippen molar-refractivity contribution in [3.8, 4) is 0 Å². The van der Waals surface area contributed by atoms with E-state index >= 15 is 0 Å². The molecule has 0 aromatic rings. The van der Waals surface area contributed by atoms with Crippen molar-refractivity contribution in [2.24, 2.45) is 0 Å². The van der Waals surface area contributed by atoms with Crippen LogP contribution in [0.3, 0.4) is 0 Å². The molecular weight excluding hydrogens is 544 g/mol. The third-order valence-corrected chi connectivity index (χ3v) is 3.31. The zero-order valence-electron chi connectivity index (χ0n) is 28.5. The second kappa shape index (κ2) is 48.3. The molecule has 0 aromatic carbocycles. The first-order chi connectivity index (χ1) is 16.9. The van der Waals surface area contributed by atoms with Crippen LogP contribution < -0.4 is 18.9 Å². The van der Waals surface area contributed by atoms with Crippen LogP contribution in [0.25, 0.3) is 0 Å². The Kier molecular flexibility index (Phi) is 66.3. The summed E-state index contributed by atoms with van der Waals surface area (Å²) >= 11 is 0. The second-order valence-electron chi connectivity index (χ2n) is 11.3. The van der Waals surface area contributed by atoms with Crippen molar-refractivity contribution in [1.82, 2.24) is 0 Å². The molecule has 0 amide bonds. The number of rotatable bonds is 0. The van der Waals surface area contributed by atoms with Gasteiger partial charge >= 0.3 is 51.6 Å². The molecule has 4 aliphatic rings. The summed E-state index contributed by atoms with van der Waals surface area (Å²) in [5.74, 6) is 5.67. The largest absolute Gasteiger partial charge is 3.00 e. The molecule has 38 heavy (non-hydrogen) atoms. The SMILES string of the molecule is C1CCOC1.C1CCOC1.C1CCOC1.C1CCOC1.C[C-](C)C.C[C-](C)C.C[C-](C)C.C[C-](C)C.[Li+].[Y+3]. The van der Waals surface area contributed by atoms with E-state index in [2.05, 4.69) is 83.1 Å². The topological polar surface area (TPSA) is 36.9 Å². The van der Waals surface area contributed by atoms with Gasteiger partial charge in [-0.1, -0.05) is 0 Å². The molecule has 0 atom stereocenters. The Morgan fingerprint density at radius 1 is 0.289 bits per heavy atom. The van der Waals surface area contributed by atoms with E-state index < -0.39 is 0 Å². The predicted octanol–water partition coefficient (Wildman–Crippen LogP) is 6.67. The molecule has 0 saturated carbocycles. The molecule has 0 aromatic heterocycles. The quantitative estimate of drug-likeness (QED) is 0.226. The third-order valence-electron chi connectivity index (χ3n) is 3.31. The maximum atomic E-state index is 4.94. The van der Waals surface area contributed by atoms with Crippen LogP contribution in [0.15, 0.2) is 0 Å². The maximum absolute atomic E-state index is 4.94. The Morgan fingerprint density at radius 2 is 0.368 bits per heavy atom. The van der Waals surface area contributed by atoms with E-state index in [1.54, 1.807) is 0 Å². The summed E-state index contributed by atoms with van der Waals surface area (Å²) in [6.07, 6.45) is 10.2. The molecule has 0 unspecified atom stereocenters. The Hall–Kier alpha value is 1.54. The van der Waals surface area contributed by atoms with E-state index in [4.69, 9.17) is 18.9 Å². The zero-order valence-corrected chi connectivity index (χ0v) is 31.4. The van der Waals surface area contributed by atoms with Gasteiger partial charge < -0.3 is 42.6 Å². The number of hydrogen-bond donors (Lipinski definition) is 0. The molecule has 4 heterocycles. The van der Waals surface area contributed by atoms with Crippen molar-refractivity contribution >= 4 is 0 Å². The van der Waals surface area contributed by atoms with Gasteiger partial charge in [0.05, 0.1) is 0 Å². The van der Waals surface area contributed by atoms with Gasteiger partial charge in [0.15, 0.2) is 0 Å². The molecule has 0 radical (unpaired) electrons. The minimum absolute atomic E-state index is 0. The first-order valence-electron chi connectivity index (χ1n) is 14.3. The van der Waals surface area contributed by atoms with E-state index in [-0.39, 0.29) is 51.6 Å². The molecule has 6 heteroatoms. The van der Waals surface area contributed by atoms with Crippen LogP contribution in [0.2, 0.25) is 0 Å². The Morgan fingerprint density at radius 3 is 0.395 bits per heavy atom. The fraction of sp³-hybridized carbons (Fsp3) is 0.875. The number of ether oxygens (including phenoxy) is 4. The van der Waals surface area contributed by atoms with Gasteiger partial charge in [-0.15, -0.1) is 0 Å². The molecule has 0 bridgehead atoms. The van der Waals surface area contributed by atoms with E-state index in [0.29, 0.717) is 0 Å². The summed E-state index contributed by atoms with van der Waals surface area (Å²) in [5.41, 5.74) is 0. The van der Waals surface area contributed by atoms with Crippen molar-refractivity contribution in [3.63, 3.8) is 0 Å². The summed E-state index contributed by atoms with van der Waals surface area (Å²) < 4.78 is 19.8. The van der Waals surface area contributed by atoms with E-state index in [0.717, 1.165) is 52.9 Å². The molecule has 4 aliphatic heterocycles. The van der Waals surface area contributed by atoms with Gasteiger partial charge in [0, 0.05) is 52.9 Å². The fourth-order valence-electron chi connectivity index (χ4n) is 2.04. The second-order valence-corrected chi connectivity index (χ2v) is 11.3. The van der Waals surface area contributed by atoms with Gasteiger partial charge in [0.25, 0.3) is 0 Å². The summed E-state index contributed by atoms with van der Waals surface area (Å²) in [6.45, 7) is 33.0. The van der Waals surface area contributed by atoms with Crippen molar-refractivity contribution < 1.29 is 70.5 Å². The normalized spacial score (nSPS) is 16.4. The van der Waals surface area contributed by atoms with Gasteiger partial charge in [-0.3, -0.25) is 0 Å². The summed E-state index contributed by atoms with van der Waals surface area (Å²) in [5, 5.41) is 0. The van der Waals surface area contributed by atoms with Gasteiger partial charge in [-0.2, -0.15) is 83.1 Å². The van der Waals surface area contributed by atoms with Crippen molar-refractivity contribution in [2.75, 3.05) is 52.9 Å². The van der Waals surface area contributed by atoms with E-state index in [9.17, 15) is 0 Å². The Labute approximate surface area is 279 Å². The Bertz CT molecular complexity index is 222. The molecular formula is C32H68LiO4Y. The molecule has 0 aliphatic carbocycles. The third kappa shape index (κ3) is 108. The first-order valence-corrected chi connectivity index (χ1v) is 14.3. The van der Waals surface area contributed by atoms with Crippen LogP contribution >= 0.6 is 0 Å². The van der Waals surface area contributed by atoms with Crippen LogP contribution in [-0.2, 0) is 51.7 Å². The van der Waals surface area contributed by atoms with Crippen LogP contribution in [0.5, 0.6) is 0 Å². The molecule has 4 saturated heterocycles. The van der Waals surface area contributed by atoms with Crippen molar-refractivity contribution in [3.05, 3.63) is 23.7 Å². The molecule has 0 spiro atoms. The predicted molar refractivity (Wildman–Crippen MR) is 161 cm³/mol. The van der Waals surface area contributed by atoms with Gasteiger partial charge in [0.1, 0.15) is 0 Å². The zero-order chi connectivity index (χ0) is 28.5. The standard InChI is InChI=1S/4C4H8O.4C4H9.Li.Y/c4*1-2-4-5-3-1;4*1-4(2)3;;/h4*1-4H2;4*1-3H3;;/q;;;;4*-1;+1;+3. The molecule has 4 fully saturated rings. The first kappa shape index (κ1) is 52.2. The Balaban J connectivity index is -0.0000000767. The summed E-state index contributed by atoms with van der Waals surface area (Å²) in [6, 6.07) is 0. The van der Waals surface area contributed by atoms with Crippen LogP contribution in [0, 0.1) is 23.7 Å². The number of hydrogen-bond acceptors (Lipinski definition) is 4. The van der Waals surface area contributed by atoms with Crippen LogP contribution in [0.4, 0.5) is 0 Å². The molecule has 4 nitrogen and oxygen atoms in total. The van der Waals surface area contributed by atoms with Gasteiger partial charge in [0.2, 0.25) is 0 Å². The fourth-order valence-corrected chi connectivity index (χ4v) is 2.04. The average Bonchev–Trinajstić information content (AvgIpc) is 3.60. The van der Waals surface area contributed by atoms with Gasteiger partial charge in [-0.05, 0) is 51.4 Å². The van der Waals surface area contributed by atoms with Crippen LogP contribution in [0.1, 0.15) is 134 Å². The van der Waals surface area contributed by atoms with E-state index in [1.807, 2.05) is 0 Å². The van der Waals surface area contributed by atoms with Crippen LogP contribution in [-0.4, -0.2) is 52.9 Å². The summed E-state index contributed by atoms with van der Waals surface area (Å²) in [4.78, 5) is 0. The average molecular weight is 613 g/mol. The van der Waals surface area contributed by atoms with Crippen molar-refractivity contribution in [2.45, 2.75) is 134 Å². The smallest absolute Gasteiger partial charge is 0.381 e. The molecule has 224 valence electrons. The van der Waals surface area contributed by atoms with Crippen molar-refractivity contribution in [1.29, 1.82) is 0 Å².